The van der Waals surface area contributed by atoms with Gasteiger partial charge in [0.1, 0.15) is 0 Å². The summed E-state index contributed by atoms with van der Waals surface area (Å²) in [6, 6.07) is 0. The molecule has 0 aromatic rings. The van der Waals surface area contributed by atoms with E-state index in [0.29, 0.717) is 6.54 Å². The van der Waals surface area contributed by atoms with Crippen molar-refractivity contribution >= 4 is 11.8 Å². The SMILES string of the molecule is NNC(=O)C(=O)NCCCN1CCOCC1. The van der Waals surface area contributed by atoms with E-state index in [4.69, 9.17) is 10.6 Å². The molecule has 1 heterocycles. The first-order chi connectivity index (χ1) is 7.74. The number of amides is 2. The molecule has 1 saturated heterocycles. The van der Waals surface area contributed by atoms with Crippen LogP contribution in [0.3, 0.4) is 0 Å². The Morgan fingerprint density at radius 3 is 2.56 bits per heavy atom. The predicted molar refractivity (Wildman–Crippen MR) is 57.2 cm³/mol. The third-order valence-electron chi connectivity index (χ3n) is 2.38. The van der Waals surface area contributed by atoms with Crippen LogP contribution in [0.2, 0.25) is 0 Å². The van der Waals surface area contributed by atoms with Gasteiger partial charge in [0.15, 0.2) is 0 Å². The summed E-state index contributed by atoms with van der Waals surface area (Å²) >= 11 is 0. The van der Waals surface area contributed by atoms with E-state index in [-0.39, 0.29) is 0 Å². The number of nitrogens with one attached hydrogen (secondary N) is 2. The Labute approximate surface area is 94.3 Å². The number of carbonyl (C=O) groups is 2. The molecule has 4 N–H and O–H groups in total. The van der Waals surface area contributed by atoms with Crippen LogP contribution in [0, 0.1) is 0 Å². The van der Waals surface area contributed by atoms with Crippen LogP contribution < -0.4 is 16.6 Å². The average Bonchev–Trinajstić information content (AvgIpc) is 2.34. The molecule has 0 bridgehead atoms. The van der Waals surface area contributed by atoms with E-state index in [2.05, 4.69) is 10.2 Å². The highest BCUT2D eigenvalue weighted by Crippen LogP contribution is 1.97. The molecular formula is C9H18N4O3. The fourth-order valence-electron chi connectivity index (χ4n) is 1.48. The smallest absolute Gasteiger partial charge is 0.323 e. The van der Waals surface area contributed by atoms with Crippen LogP contribution in [0.5, 0.6) is 0 Å². The lowest BCUT2D eigenvalue weighted by atomic mass is 10.3. The molecule has 92 valence electrons. The maximum atomic E-state index is 11.0. The van der Waals surface area contributed by atoms with Crippen molar-refractivity contribution in [3.8, 4) is 0 Å². The molecule has 2 amide bonds. The molecule has 0 aromatic heterocycles. The maximum absolute atomic E-state index is 11.0. The number of hydrazine groups is 1. The molecule has 1 fully saturated rings. The molecule has 0 saturated carbocycles. The maximum Gasteiger partial charge on any atom is 0.323 e. The number of nitrogens with two attached hydrogens (primary N) is 1. The van der Waals surface area contributed by atoms with Gasteiger partial charge >= 0.3 is 11.8 Å². The number of hydrogen-bond donors (Lipinski definition) is 3. The fourth-order valence-corrected chi connectivity index (χ4v) is 1.48. The molecule has 1 aliphatic rings. The van der Waals surface area contributed by atoms with Crippen molar-refractivity contribution in [2.45, 2.75) is 6.42 Å². The second-order valence-electron chi connectivity index (χ2n) is 3.54. The van der Waals surface area contributed by atoms with Gasteiger partial charge in [-0.15, -0.1) is 0 Å². The molecule has 1 rings (SSSR count). The number of morpholine rings is 1. The monoisotopic (exact) mass is 230 g/mol. The average molecular weight is 230 g/mol. The Morgan fingerprint density at radius 2 is 1.94 bits per heavy atom. The summed E-state index contributed by atoms with van der Waals surface area (Å²) in [6.45, 7) is 4.76. The molecule has 7 heteroatoms. The molecule has 0 aromatic carbocycles. The number of ether oxygens (including phenoxy) is 1. The fraction of sp³-hybridized carbons (Fsp3) is 0.778. The van der Waals surface area contributed by atoms with Gasteiger partial charge in [0.25, 0.3) is 0 Å². The first-order valence-electron chi connectivity index (χ1n) is 5.33. The molecule has 1 aliphatic heterocycles. The van der Waals surface area contributed by atoms with E-state index in [1.807, 2.05) is 0 Å². The number of rotatable bonds is 4. The largest absolute Gasteiger partial charge is 0.379 e. The Balaban J connectivity index is 2.02. The van der Waals surface area contributed by atoms with Gasteiger partial charge in [0.05, 0.1) is 13.2 Å². The van der Waals surface area contributed by atoms with Gasteiger partial charge in [0, 0.05) is 19.6 Å². The standard InChI is InChI=1S/C9H18N4O3/c10-12-9(15)8(14)11-2-1-3-13-4-6-16-7-5-13/h1-7,10H2,(H,11,14)(H,12,15). The molecule has 0 spiro atoms. The molecule has 0 unspecified atom stereocenters. The minimum absolute atomic E-state index is 0.476. The Hall–Kier alpha value is -1.18. The summed E-state index contributed by atoms with van der Waals surface area (Å²) in [4.78, 5) is 24.0. The summed E-state index contributed by atoms with van der Waals surface area (Å²) in [5.41, 5.74) is 1.78. The van der Waals surface area contributed by atoms with Crippen LogP contribution in [-0.4, -0.2) is 56.1 Å². The third-order valence-corrected chi connectivity index (χ3v) is 2.38. The van der Waals surface area contributed by atoms with E-state index in [9.17, 15) is 9.59 Å². The Morgan fingerprint density at radius 1 is 1.25 bits per heavy atom. The zero-order valence-corrected chi connectivity index (χ0v) is 9.20. The van der Waals surface area contributed by atoms with Crippen molar-refractivity contribution in [1.29, 1.82) is 0 Å². The normalized spacial score (nSPS) is 16.8. The molecule has 0 atom stereocenters. The van der Waals surface area contributed by atoms with Crippen molar-refractivity contribution in [3.63, 3.8) is 0 Å². The van der Waals surface area contributed by atoms with E-state index in [1.54, 1.807) is 5.43 Å². The molecule has 7 nitrogen and oxygen atoms in total. The van der Waals surface area contributed by atoms with Crippen molar-refractivity contribution < 1.29 is 14.3 Å². The minimum Gasteiger partial charge on any atom is -0.379 e. The third kappa shape index (κ3) is 4.56. The molecule has 0 aliphatic carbocycles. The van der Waals surface area contributed by atoms with Gasteiger partial charge in [-0.2, -0.15) is 0 Å². The lowest BCUT2D eigenvalue weighted by Gasteiger charge is -2.26. The molecular weight excluding hydrogens is 212 g/mol. The zero-order chi connectivity index (χ0) is 11.8. The summed E-state index contributed by atoms with van der Waals surface area (Å²) in [6.07, 6.45) is 0.809. The van der Waals surface area contributed by atoms with Gasteiger partial charge in [0.2, 0.25) is 0 Å². The summed E-state index contributed by atoms with van der Waals surface area (Å²) in [7, 11) is 0. The van der Waals surface area contributed by atoms with Crippen molar-refractivity contribution in [2.75, 3.05) is 39.4 Å². The highest BCUT2D eigenvalue weighted by atomic mass is 16.5. The van der Waals surface area contributed by atoms with Crippen LogP contribution in [0.15, 0.2) is 0 Å². The van der Waals surface area contributed by atoms with E-state index in [1.165, 1.54) is 0 Å². The van der Waals surface area contributed by atoms with Crippen LogP contribution in [-0.2, 0) is 14.3 Å². The second-order valence-corrected chi connectivity index (χ2v) is 3.54. The molecule has 16 heavy (non-hydrogen) atoms. The summed E-state index contributed by atoms with van der Waals surface area (Å²) < 4.78 is 5.21. The number of carbonyl (C=O) groups excluding carboxylic acids is 2. The summed E-state index contributed by atoms with van der Waals surface area (Å²) in [5.74, 6) is 3.31. The first-order valence-corrected chi connectivity index (χ1v) is 5.33. The predicted octanol–water partition coefficient (Wildman–Crippen LogP) is -2.19. The molecule has 0 radical (unpaired) electrons. The quantitative estimate of drug-likeness (QED) is 0.168. The lowest BCUT2D eigenvalue weighted by Crippen LogP contribution is -2.44. The second kappa shape index (κ2) is 7.15. The van der Waals surface area contributed by atoms with Crippen LogP contribution in [0.1, 0.15) is 6.42 Å². The first kappa shape index (κ1) is 12.9. The highest BCUT2D eigenvalue weighted by Gasteiger charge is 2.12. The van der Waals surface area contributed by atoms with E-state index >= 15 is 0 Å². The van der Waals surface area contributed by atoms with Crippen LogP contribution in [0.4, 0.5) is 0 Å². The van der Waals surface area contributed by atoms with Crippen LogP contribution >= 0.6 is 0 Å². The number of nitrogens with zero attached hydrogens (tertiary/aromatic N) is 1. The Kier molecular flexibility index (Phi) is 5.76. The summed E-state index contributed by atoms with van der Waals surface area (Å²) in [5, 5.41) is 2.48. The van der Waals surface area contributed by atoms with Crippen molar-refractivity contribution in [2.24, 2.45) is 5.84 Å². The number of hydrogen-bond acceptors (Lipinski definition) is 5. The highest BCUT2D eigenvalue weighted by molar-refractivity contribution is 6.34. The van der Waals surface area contributed by atoms with Crippen molar-refractivity contribution in [3.05, 3.63) is 0 Å². The zero-order valence-electron chi connectivity index (χ0n) is 9.20. The van der Waals surface area contributed by atoms with Crippen LogP contribution in [0.25, 0.3) is 0 Å². The van der Waals surface area contributed by atoms with Gasteiger partial charge < -0.3 is 10.1 Å². The lowest BCUT2D eigenvalue weighted by molar-refractivity contribution is -0.139. The topological polar surface area (TPSA) is 96.7 Å². The van der Waals surface area contributed by atoms with Crippen molar-refractivity contribution in [1.82, 2.24) is 15.6 Å². The minimum atomic E-state index is -0.814. The Bertz CT molecular complexity index is 241. The van der Waals surface area contributed by atoms with Gasteiger partial charge in [-0.3, -0.25) is 19.9 Å². The van der Waals surface area contributed by atoms with E-state index in [0.717, 1.165) is 39.3 Å². The van der Waals surface area contributed by atoms with Gasteiger partial charge in [-0.05, 0) is 13.0 Å². The van der Waals surface area contributed by atoms with Gasteiger partial charge in [-0.25, -0.2) is 5.84 Å². The van der Waals surface area contributed by atoms with Gasteiger partial charge in [-0.1, -0.05) is 0 Å². The van der Waals surface area contributed by atoms with E-state index < -0.39 is 11.8 Å².